The first kappa shape index (κ1) is 21.5. The number of para-hydroxylation sites is 1. The van der Waals surface area contributed by atoms with Crippen molar-refractivity contribution in [1.82, 2.24) is 4.90 Å². The number of halogens is 2. The molecule has 5 nitrogen and oxygen atoms in total. The Balaban J connectivity index is 1.67. The molecular weight excluding hydrogens is 416 g/mol. The van der Waals surface area contributed by atoms with Crippen LogP contribution in [0.3, 0.4) is 0 Å². The van der Waals surface area contributed by atoms with Crippen molar-refractivity contribution < 1.29 is 28.2 Å². The number of carboxylic acids is 1. The first-order valence-corrected chi connectivity index (χ1v) is 10.1. The van der Waals surface area contributed by atoms with Gasteiger partial charge in [-0.2, -0.15) is 0 Å². The first-order valence-electron chi connectivity index (χ1n) is 10.1. The van der Waals surface area contributed by atoms with Crippen molar-refractivity contribution in [1.29, 1.82) is 0 Å². The predicted molar refractivity (Wildman–Crippen MR) is 114 cm³/mol. The van der Waals surface area contributed by atoms with Gasteiger partial charge < -0.3 is 14.7 Å². The number of nitrogens with zero attached hydrogens (tertiary/aromatic N) is 1. The lowest BCUT2D eigenvalue weighted by atomic mass is 10.0. The molecule has 1 heterocycles. The van der Waals surface area contributed by atoms with E-state index in [1.165, 1.54) is 4.90 Å². The quantitative estimate of drug-likeness (QED) is 0.605. The van der Waals surface area contributed by atoms with Crippen molar-refractivity contribution in [2.24, 2.45) is 0 Å². The highest BCUT2D eigenvalue weighted by molar-refractivity contribution is 5.97. The summed E-state index contributed by atoms with van der Waals surface area (Å²) >= 11 is 0. The molecule has 1 saturated heterocycles. The fourth-order valence-electron chi connectivity index (χ4n) is 4.26. The Bertz CT molecular complexity index is 1140. The van der Waals surface area contributed by atoms with Crippen molar-refractivity contribution in [3.63, 3.8) is 0 Å². The highest BCUT2D eigenvalue weighted by Crippen LogP contribution is 2.38. The molecule has 2 atom stereocenters. The van der Waals surface area contributed by atoms with Crippen LogP contribution in [0.4, 0.5) is 8.78 Å². The Kier molecular flexibility index (Phi) is 5.90. The molecule has 1 aliphatic rings. The van der Waals surface area contributed by atoms with Crippen LogP contribution in [-0.4, -0.2) is 35.0 Å². The van der Waals surface area contributed by atoms with E-state index < -0.39 is 35.6 Å². The number of aliphatic carboxylic acids is 1. The molecule has 0 aliphatic carbocycles. The average molecular weight is 437 g/mol. The van der Waals surface area contributed by atoms with Gasteiger partial charge in [0.2, 0.25) is 0 Å². The molecule has 0 radical (unpaired) electrons. The molecule has 3 aromatic carbocycles. The standard InChI is InChI=1S/C25H21F2NO4/c1-32-23-5-3-2-4-20(23)15-6-8-16(9-7-15)24(29)28-21(10-11-22(28)25(30)31)17-12-18(26)14-19(27)13-17/h2-9,12-14,21-22H,10-11H2,1H3,(H,30,31)/t21?,22-/m0/s1. The molecule has 0 aromatic heterocycles. The fourth-order valence-corrected chi connectivity index (χ4v) is 4.26. The number of rotatable bonds is 5. The van der Waals surface area contributed by atoms with Crippen LogP contribution in [0, 0.1) is 11.6 Å². The van der Waals surface area contributed by atoms with Crippen molar-refractivity contribution in [3.05, 3.63) is 89.5 Å². The zero-order chi connectivity index (χ0) is 22.8. The van der Waals surface area contributed by atoms with E-state index >= 15 is 0 Å². The van der Waals surface area contributed by atoms with Crippen molar-refractivity contribution in [2.75, 3.05) is 7.11 Å². The molecular formula is C25H21F2NO4. The summed E-state index contributed by atoms with van der Waals surface area (Å²) in [6, 6.07) is 15.4. The molecule has 164 valence electrons. The molecule has 1 aliphatic heterocycles. The smallest absolute Gasteiger partial charge is 0.326 e. The van der Waals surface area contributed by atoms with Gasteiger partial charge in [-0.1, -0.05) is 30.3 Å². The van der Waals surface area contributed by atoms with Gasteiger partial charge in [0.15, 0.2) is 0 Å². The summed E-state index contributed by atoms with van der Waals surface area (Å²) in [6.45, 7) is 0. The van der Waals surface area contributed by atoms with Crippen LogP contribution in [0.1, 0.15) is 34.8 Å². The van der Waals surface area contributed by atoms with Gasteiger partial charge in [-0.15, -0.1) is 0 Å². The van der Waals surface area contributed by atoms with Crippen LogP contribution in [0.15, 0.2) is 66.7 Å². The van der Waals surface area contributed by atoms with Crippen molar-refractivity contribution in [3.8, 4) is 16.9 Å². The highest BCUT2D eigenvalue weighted by atomic mass is 19.1. The maximum absolute atomic E-state index is 13.8. The first-order chi connectivity index (χ1) is 15.4. The van der Waals surface area contributed by atoms with Crippen LogP contribution >= 0.6 is 0 Å². The normalized spacial score (nSPS) is 17.9. The summed E-state index contributed by atoms with van der Waals surface area (Å²) in [4.78, 5) is 26.4. The van der Waals surface area contributed by atoms with E-state index in [1.807, 2.05) is 24.3 Å². The van der Waals surface area contributed by atoms with Crippen molar-refractivity contribution >= 4 is 11.9 Å². The van der Waals surface area contributed by atoms with Gasteiger partial charge in [-0.05, 0) is 54.3 Å². The summed E-state index contributed by atoms with van der Waals surface area (Å²) in [5.74, 6) is -2.51. The zero-order valence-corrected chi connectivity index (χ0v) is 17.3. The predicted octanol–water partition coefficient (Wildman–Crippen LogP) is 5.07. The number of ether oxygens (including phenoxy) is 1. The molecule has 3 aromatic rings. The summed E-state index contributed by atoms with van der Waals surface area (Å²) in [5.41, 5.74) is 2.22. The Labute approximate surface area is 183 Å². The van der Waals surface area contributed by atoms with Gasteiger partial charge in [0.1, 0.15) is 23.4 Å². The van der Waals surface area contributed by atoms with Crippen LogP contribution in [0.25, 0.3) is 11.1 Å². The van der Waals surface area contributed by atoms with Crippen LogP contribution in [0.5, 0.6) is 5.75 Å². The van der Waals surface area contributed by atoms with Gasteiger partial charge in [0.25, 0.3) is 5.91 Å². The number of carboxylic acid groups (broad SMARTS) is 1. The van der Waals surface area contributed by atoms with E-state index in [0.29, 0.717) is 17.7 Å². The number of hydrogen-bond donors (Lipinski definition) is 1. The van der Waals surface area contributed by atoms with Crippen LogP contribution in [0.2, 0.25) is 0 Å². The summed E-state index contributed by atoms with van der Waals surface area (Å²) < 4.78 is 33.0. The number of benzene rings is 3. The third-order valence-corrected chi connectivity index (χ3v) is 5.72. The van der Waals surface area contributed by atoms with E-state index in [9.17, 15) is 23.5 Å². The molecule has 0 bridgehead atoms. The largest absolute Gasteiger partial charge is 0.496 e. The van der Waals surface area contributed by atoms with E-state index in [4.69, 9.17) is 4.74 Å². The van der Waals surface area contributed by atoms with Gasteiger partial charge >= 0.3 is 5.97 Å². The molecule has 1 fully saturated rings. The van der Waals surface area contributed by atoms with E-state index in [0.717, 1.165) is 29.3 Å². The number of amides is 1. The summed E-state index contributed by atoms with van der Waals surface area (Å²) in [5, 5.41) is 9.65. The van der Waals surface area contributed by atoms with Crippen LogP contribution < -0.4 is 4.74 Å². The number of hydrogen-bond acceptors (Lipinski definition) is 3. The number of carbonyl (C=O) groups excluding carboxylic acids is 1. The summed E-state index contributed by atoms with van der Waals surface area (Å²) in [7, 11) is 1.57. The third kappa shape index (κ3) is 4.06. The van der Waals surface area contributed by atoms with Gasteiger partial charge in [0.05, 0.1) is 13.2 Å². The molecule has 0 spiro atoms. The topological polar surface area (TPSA) is 66.8 Å². The Morgan fingerprint density at radius 2 is 1.62 bits per heavy atom. The number of methoxy groups -OCH3 is 1. The SMILES string of the molecule is COc1ccccc1-c1ccc(C(=O)N2C(c3cc(F)cc(F)c3)CC[C@H]2C(=O)O)cc1. The average Bonchev–Trinajstić information content (AvgIpc) is 3.24. The van der Waals surface area contributed by atoms with Gasteiger partial charge in [0, 0.05) is 17.2 Å². The van der Waals surface area contributed by atoms with E-state index in [1.54, 1.807) is 31.4 Å². The lowest BCUT2D eigenvalue weighted by molar-refractivity contribution is -0.141. The second kappa shape index (κ2) is 8.78. The molecule has 7 heteroatoms. The second-order valence-corrected chi connectivity index (χ2v) is 7.64. The van der Waals surface area contributed by atoms with Gasteiger partial charge in [-0.3, -0.25) is 4.79 Å². The number of likely N-dealkylation sites (tertiary alicyclic amines) is 1. The molecule has 1 amide bonds. The maximum Gasteiger partial charge on any atom is 0.326 e. The van der Waals surface area contributed by atoms with E-state index in [-0.39, 0.29) is 12.0 Å². The minimum absolute atomic E-state index is 0.198. The minimum Gasteiger partial charge on any atom is -0.496 e. The van der Waals surface area contributed by atoms with Crippen molar-refractivity contribution in [2.45, 2.75) is 24.9 Å². The zero-order valence-electron chi connectivity index (χ0n) is 17.3. The second-order valence-electron chi connectivity index (χ2n) is 7.64. The van der Waals surface area contributed by atoms with Gasteiger partial charge in [-0.25, -0.2) is 13.6 Å². The lowest BCUT2D eigenvalue weighted by Gasteiger charge is -2.29. The molecule has 0 saturated carbocycles. The lowest BCUT2D eigenvalue weighted by Crippen LogP contribution is -2.41. The highest BCUT2D eigenvalue weighted by Gasteiger charge is 2.42. The molecule has 1 unspecified atom stereocenters. The van der Waals surface area contributed by atoms with E-state index in [2.05, 4.69) is 0 Å². The summed E-state index contributed by atoms with van der Waals surface area (Å²) in [6.07, 6.45) is 0.494. The molecule has 32 heavy (non-hydrogen) atoms. The third-order valence-electron chi connectivity index (χ3n) is 5.72. The monoisotopic (exact) mass is 437 g/mol. The Morgan fingerprint density at radius 3 is 2.25 bits per heavy atom. The fraction of sp³-hybridized carbons (Fsp3) is 0.200. The number of carbonyl (C=O) groups is 2. The van der Waals surface area contributed by atoms with Crippen LogP contribution in [-0.2, 0) is 4.79 Å². The molecule has 4 rings (SSSR count). The Hall–Kier alpha value is -3.74. The maximum atomic E-state index is 13.8. The molecule has 1 N–H and O–H groups in total. The Morgan fingerprint density at radius 1 is 0.969 bits per heavy atom. The minimum atomic E-state index is -1.15.